The molecule has 2 aromatic carbocycles. The van der Waals surface area contributed by atoms with Gasteiger partial charge in [0.05, 0.1) is 6.20 Å². The Bertz CT molecular complexity index is 835. The van der Waals surface area contributed by atoms with Crippen LogP contribution in [-0.4, -0.2) is 15.2 Å². The SMILES string of the molecule is Cc1cccc(Nc2nncc(Nc3cccc(F)c3)n2)c1C. The molecule has 0 saturated carbocycles. The van der Waals surface area contributed by atoms with Crippen LogP contribution in [-0.2, 0) is 0 Å². The first-order valence-electron chi connectivity index (χ1n) is 7.17. The molecule has 2 N–H and O–H groups in total. The van der Waals surface area contributed by atoms with E-state index in [0.29, 0.717) is 17.5 Å². The summed E-state index contributed by atoms with van der Waals surface area (Å²) in [4.78, 5) is 4.35. The molecule has 6 heteroatoms. The van der Waals surface area contributed by atoms with Crippen LogP contribution >= 0.6 is 0 Å². The molecule has 1 aromatic heterocycles. The molecule has 0 fully saturated rings. The standard InChI is InChI=1S/C17H16FN5/c1-11-5-3-8-15(12(11)2)21-17-22-16(10-19-23-17)20-14-7-4-6-13(18)9-14/h3-10H,1-2H3,(H2,20,21,22,23). The van der Waals surface area contributed by atoms with Crippen LogP contribution in [0.1, 0.15) is 11.1 Å². The highest BCUT2D eigenvalue weighted by atomic mass is 19.1. The quantitative estimate of drug-likeness (QED) is 0.759. The van der Waals surface area contributed by atoms with E-state index in [1.165, 1.54) is 23.9 Å². The fourth-order valence-electron chi connectivity index (χ4n) is 2.14. The molecule has 0 atom stereocenters. The Morgan fingerprint density at radius 3 is 2.65 bits per heavy atom. The van der Waals surface area contributed by atoms with Gasteiger partial charge in [0, 0.05) is 11.4 Å². The predicted octanol–water partition coefficient (Wildman–Crippen LogP) is 4.11. The highest BCUT2D eigenvalue weighted by Crippen LogP contribution is 2.21. The number of rotatable bonds is 4. The maximum Gasteiger partial charge on any atom is 0.249 e. The van der Waals surface area contributed by atoms with Crippen LogP contribution in [0.3, 0.4) is 0 Å². The van der Waals surface area contributed by atoms with Crippen LogP contribution in [0.15, 0.2) is 48.7 Å². The highest BCUT2D eigenvalue weighted by molar-refractivity contribution is 5.62. The van der Waals surface area contributed by atoms with E-state index in [4.69, 9.17) is 0 Å². The summed E-state index contributed by atoms with van der Waals surface area (Å²) >= 11 is 0. The number of nitrogens with zero attached hydrogens (tertiary/aromatic N) is 3. The summed E-state index contributed by atoms with van der Waals surface area (Å²) in [7, 11) is 0. The Kier molecular flexibility index (Phi) is 4.14. The van der Waals surface area contributed by atoms with Crippen LogP contribution < -0.4 is 10.6 Å². The van der Waals surface area contributed by atoms with Crippen molar-refractivity contribution in [1.29, 1.82) is 0 Å². The van der Waals surface area contributed by atoms with Gasteiger partial charge in [0.1, 0.15) is 5.82 Å². The first kappa shape index (κ1) is 14.9. The van der Waals surface area contributed by atoms with Crippen LogP contribution in [0.25, 0.3) is 0 Å². The van der Waals surface area contributed by atoms with Gasteiger partial charge < -0.3 is 10.6 Å². The lowest BCUT2D eigenvalue weighted by molar-refractivity contribution is 0.628. The second-order valence-corrected chi connectivity index (χ2v) is 5.17. The summed E-state index contributed by atoms with van der Waals surface area (Å²) in [5.74, 6) is 0.546. The average Bonchev–Trinajstić information content (AvgIpc) is 2.52. The van der Waals surface area contributed by atoms with Crippen molar-refractivity contribution in [2.24, 2.45) is 0 Å². The molecular weight excluding hydrogens is 293 g/mol. The third kappa shape index (κ3) is 3.60. The van der Waals surface area contributed by atoms with E-state index < -0.39 is 0 Å². The van der Waals surface area contributed by atoms with E-state index in [1.54, 1.807) is 12.1 Å². The first-order chi connectivity index (χ1) is 11.1. The number of benzene rings is 2. The summed E-state index contributed by atoms with van der Waals surface area (Å²) in [5.41, 5.74) is 3.83. The third-order valence-electron chi connectivity index (χ3n) is 3.51. The van der Waals surface area contributed by atoms with Gasteiger partial charge in [-0.2, -0.15) is 10.1 Å². The van der Waals surface area contributed by atoms with Crippen molar-refractivity contribution in [3.8, 4) is 0 Å². The van der Waals surface area contributed by atoms with Gasteiger partial charge in [-0.1, -0.05) is 18.2 Å². The lowest BCUT2D eigenvalue weighted by Gasteiger charge is -2.11. The molecule has 23 heavy (non-hydrogen) atoms. The Hall–Kier alpha value is -3.02. The van der Waals surface area contributed by atoms with Gasteiger partial charge in [-0.25, -0.2) is 4.39 Å². The van der Waals surface area contributed by atoms with Crippen LogP contribution in [0.2, 0.25) is 0 Å². The molecule has 0 bridgehead atoms. The Morgan fingerprint density at radius 2 is 1.83 bits per heavy atom. The molecule has 0 amide bonds. The zero-order valence-corrected chi connectivity index (χ0v) is 12.8. The summed E-state index contributed by atoms with van der Waals surface area (Å²) in [6.07, 6.45) is 1.49. The maximum atomic E-state index is 13.2. The monoisotopic (exact) mass is 309 g/mol. The molecule has 0 spiro atoms. The molecule has 0 aliphatic rings. The molecule has 0 unspecified atom stereocenters. The zero-order chi connectivity index (χ0) is 16.2. The van der Waals surface area contributed by atoms with Crippen molar-refractivity contribution in [3.05, 3.63) is 65.6 Å². The summed E-state index contributed by atoms with van der Waals surface area (Å²) in [5, 5.41) is 14.1. The molecule has 3 aromatic rings. The number of nitrogens with one attached hydrogen (secondary N) is 2. The van der Waals surface area contributed by atoms with Gasteiger partial charge >= 0.3 is 0 Å². The fourth-order valence-corrected chi connectivity index (χ4v) is 2.14. The number of hydrogen-bond acceptors (Lipinski definition) is 5. The van der Waals surface area contributed by atoms with Crippen LogP contribution in [0.4, 0.5) is 27.5 Å². The summed E-state index contributed by atoms with van der Waals surface area (Å²) < 4.78 is 13.2. The molecule has 0 aliphatic carbocycles. The third-order valence-corrected chi connectivity index (χ3v) is 3.51. The second-order valence-electron chi connectivity index (χ2n) is 5.17. The molecule has 116 valence electrons. The minimum Gasteiger partial charge on any atom is -0.339 e. The zero-order valence-electron chi connectivity index (χ0n) is 12.8. The minimum atomic E-state index is -0.314. The van der Waals surface area contributed by atoms with E-state index in [1.807, 2.05) is 32.0 Å². The normalized spacial score (nSPS) is 10.4. The van der Waals surface area contributed by atoms with Crippen LogP contribution in [0, 0.1) is 19.7 Å². The van der Waals surface area contributed by atoms with Crippen molar-refractivity contribution in [2.45, 2.75) is 13.8 Å². The lowest BCUT2D eigenvalue weighted by atomic mass is 10.1. The summed E-state index contributed by atoms with van der Waals surface area (Å²) in [6.45, 7) is 4.07. The van der Waals surface area contributed by atoms with Crippen LogP contribution in [0.5, 0.6) is 0 Å². The number of anilines is 4. The molecule has 0 aliphatic heterocycles. The van der Waals surface area contributed by atoms with Gasteiger partial charge in [-0.15, -0.1) is 5.10 Å². The largest absolute Gasteiger partial charge is 0.339 e. The minimum absolute atomic E-state index is 0.314. The summed E-state index contributed by atoms with van der Waals surface area (Å²) in [6, 6.07) is 12.1. The van der Waals surface area contributed by atoms with E-state index in [-0.39, 0.29) is 5.82 Å². The van der Waals surface area contributed by atoms with Crippen molar-refractivity contribution in [3.63, 3.8) is 0 Å². The number of hydrogen-bond donors (Lipinski definition) is 2. The number of halogens is 1. The topological polar surface area (TPSA) is 62.7 Å². The Balaban J connectivity index is 1.81. The van der Waals surface area contributed by atoms with Gasteiger partial charge in [0.25, 0.3) is 0 Å². The molecular formula is C17H16FN5. The van der Waals surface area contributed by atoms with E-state index in [0.717, 1.165) is 11.3 Å². The second kappa shape index (κ2) is 6.39. The van der Waals surface area contributed by atoms with E-state index >= 15 is 0 Å². The predicted molar refractivity (Wildman–Crippen MR) is 88.7 cm³/mol. The van der Waals surface area contributed by atoms with E-state index in [9.17, 15) is 4.39 Å². The average molecular weight is 309 g/mol. The van der Waals surface area contributed by atoms with Gasteiger partial charge in [0.2, 0.25) is 5.95 Å². The Labute approximate surface area is 133 Å². The van der Waals surface area contributed by atoms with E-state index in [2.05, 4.69) is 25.8 Å². The maximum absolute atomic E-state index is 13.2. The molecule has 0 radical (unpaired) electrons. The molecule has 5 nitrogen and oxygen atoms in total. The molecule has 3 rings (SSSR count). The highest BCUT2D eigenvalue weighted by Gasteiger charge is 2.05. The van der Waals surface area contributed by atoms with Gasteiger partial charge in [-0.05, 0) is 49.2 Å². The van der Waals surface area contributed by atoms with Crippen molar-refractivity contribution >= 4 is 23.1 Å². The number of aromatic nitrogens is 3. The molecule has 1 heterocycles. The van der Waals surface area contributed by atoms with Crippen molar-refractivity contribution in [1.82, 2.24) is 15.2 Å². The first-order valence-corrected chi connectivity index (χ1v) is 7.17. The lowest BCUT2D eigenvalue weighted by Crippen LogP contribution is -2.03. The van der Waals surface area contributed by atoms with Crippen molar-refractivity contribution < 1.29 is 4.39 Å². The van der Waals surface area contributed by atoms with Gasteiger partial charge in [0.15, 0.2) is 5.82 Å². The smallest absolute Gasteiger partial charge is 0.249 e. The molecule has 0 saturated heterocycles. The van der Waals surface area contributed by atoms with Gasteiger partial charge in [-0.3, -0.25) is 0 Å². The fraction of sp³-hybridized carbons (Fsp3) is 0.118. The Morgan fingerprint density at radius 1 is 1.00 bits per heavy atom. The number of aryl methyl sites for hydroxylation is 1. The van der Waals surface area contributed by atoms with Crippen molar-refractivity contribution in [2.75, 3.05) is 10.6 Å².